The molecule has 0 unspecified atom stereocenters. The summed E-state index contributed by atoms with van der Waals surface area (Å²) in [7, 11) is 0. The number of rotatable bonds is 5. The monoisotopic (exact) mass is 329 g/mol. The van der Waals surface area contributed by atoms with Crippen LogP contribution in [0.1, 0.15) is 5.56 Å². The first kappa shape index (κ1) is 13.5. The van der Waals surface area contributed by atoms with Crippen molar-refractivity contribution in [1.29, 1.82) is 0 Å². The minimum absolute atomic E-state index is 0.446. The summed E-state index contributed by atoms with van der Waals surface area (Å²) in [6.07, 6.45) is 0.560. The molecule has 0 saturated heterocycles. The fourth-order valence-corrected chi connectivity index (χ4v) is 5.20. The molecule has 1 rings (SSSR count). The number of carbonyl (C=O) groups is 1. The van der Waals surface area contributed by atoms with Crippen LogP contribution in [0.4, 0.5) is 0 Å². The van der Waals surface area contributed by atoms with Gasteiger partial charge in [0.05, 0.1) is 0 Å². The van der Waals surface area contributed by atoms with E-state index in [4.69, 9.17) is 5.11 Å². The van der Waals surface area contributed by atoms with Crippen molar-refractivity contribution in [1.82, 2.24) is 3.54 Å². The second-order valence-corrected chi connectivity index (χ2v) is 18.6. The van der Waals surface area contributed by atoms with E-state index < -0.39 is 30.7 Å². The first-order valence-corrected chi connectivity index (χ1v) is 15.4. The summed E-state index contributed by atoms with van der Waals surface area (Å²) in [5, 5.41) is 9.17. The third-order valence-electron chi connectivity index (χ3n) is 2.19. The molecular weight excluding hydrogens is 309 g/mol. The van der Waals surface area contributed by atoms with Crippen molar-refractivity contribution >= 4 is 24.6 Å². The SMILES string of the molecule is [CH3][Sn]([CH3])([CH3])[NH][C@@H](Cc1ccccc1)C(=O)O. The number of carboxylic acid groups (broad SMARTS) is 1. The van der Waals surface area contributed by atoms with Gasteiger partial charge in [-0.05, 0) is 0 Å². The molecule has 88 valence electrons. The Hall–Kier alpha value is -0.551. The molecule has 1 aromatic carbocycles. The molecule has 1 aromatic rings. The molecule has 0 spiro atoms. The molecule has 0 heterocycles. The van der Waals surface area contributed by atoms with Crippen molar-refractivity contribution in [2.75, 3.05) is 0 Å². The van der Waals surface area contributed by atoms with E-state index in [2.05, 4.69) is 18.4 Å². The van der Waals surface area contributed by atoms with Crippen LogP contribution in [-0.4, -0.2) is 35.8 Å². The number of nitrogens with one attached hydrogen (secondary N) is 1. The van der Waals surface area contributed by atoms with Crippen molar-refractivity contribution < 1.29 is 9.90 Å². The molecule has 0 aliphatic heterocycles. The van der Waals surface area contributed by atoms with Crippen LogP contribution in [0.2, 0.25) is 14.8 Å². The van der Waals surface area contributed by atoms with E-state index in [1.807, 2.05) is 30.3 Å². The minimum atomic E-state index is -2.27. The summed E-state index contributed by atoms with van der Waals surface area (Å²) in [5.41, 5.74) is 1.07. The standard InChI is InChI=1S/C9H10NO2.3CH3.Sn/c10-8(9(11)12)6-7-4-2-1-3-5-7;;;;/h1-5,8,10H,6H2,(H,11,12);3*1H3;/q-1;;;;+1/t8-;;;;/m0..../s1. The molecule has 2 N–H and O–H groups in total. The molecule has 3 nitrogen and oxygen atoms in total. The molecule has 0 fully saturated rings. The summed E-state index contributed by atoms with van der Waals surface area (Å²) < 4.78 is 3.31. The molecule has 16 heavy (non-hydrogen) atoms. The van der Waals surface area contributed by atoms with Crippen molar-refractivity contribution in [2.24, 2.45) is 0 Å². The van der Waals surface area contributed by atoms with Gasteiger partial charge in [0, 0.05) is 0 Å². The van der Waals surface area contributed by atoms with E-state index in [0.717, 1.165) is 5.56 Å². The van der Waals surface area contributed by atoms with Gasteiger partial charge >= 0.3 is 101 Å². The van der Waals surface area contributed by atoms with Crippen LogP contribution in [0.15, 0.2) is 30.3 Å². The van der Waals surface area contributed by atoms with Gasteiger partial charge in [0.2, 0.25) is 0 Å². The normalized spacial score (nSPS) is 13.4. The summed E-state index contributed by atoms with van der Waals surface area (Å²) in [6, 6.07) is 9.31. The van der Waals surface area contributed by atoms with Gasteiger partial charge in [-0.1, -0.05) is 0 Å². The fourth-order valence-electron chi connectivity index (χ4n) is 1.57. The molecule has 0 radical (unpaired) electrons. The molecular formula is C12H19NO2Sn. The topological polar surface area (TPSA) is 49.3 Å². The van der Waals surface area contributed by atoms with Gasteiger partial charge in [0.1, 0.15) is 0 Å². The van der Waals surface area contributed by atoms with Crippen LogP contribution in [0.3, 0.4) is 0 Å². The van der Waals surface area contributed by atoms with E-state index in [9.17, 15) is 4.79 Å². The van der Waals surface area contributed by atoms with E-state index >= 15 is 0 Å². The molecule has 0 aliphatic carbocycles. The van der Waals surface area contributed by atoms with Crippen molar-refractivity contribution in [3.05, 3.63) is 35.9 Å². The van der Waals surface area contributed by atoms with E-state index in [-0.39, 0.29) is 0 Å². The van der Waals surface area contributed by atoms with Crippen LogP contribution < -0.4 is 3.54 Å². The molecule has 0 bridgehead atoms. The summed E-state index contributed by atoms with van der Waals surface area (Å²) in [6.45, 7) is 0. The zero-order valence-electron chi connectivity index (χ0n) is 10.0. The fraction of sp³-hybridized carbons (Fsp3) is 0.417. The second kappa shape index (κ2) is 5.68. The molecule has 0 aromatic heterocycles. The van der Waals surface area contributed by atoms with Crippen LogP contribution in [0, 0.1) is 0 Å². The number of hydrogen-bond acceptors (Lipinski definition) is 2. The first-order valence-electron chi connectivity index (χ1n) is 5.43. The van der Waals surface area contributed by atoms with Gasteiger partial charge in [-0.25, -0.2) is 0 Å². The summed E-state index contributed by atoms with van der Waals surface area (Å²) >= 11 is -2.27. The molecule has 1 atom stereocenters. The van der Waals surface area contributed by atoms with Crippen LogP contribution >= 0.6 is 0 Å². The first-order chi connectivity index (χ1) is 7.38. The van der Waals surface area contributed by atoms with Gasteiger partial charge in [-0.3, -0.25) is 0 Å². The second-order valence-electron chi connectivity index (χ2n) is 4.97. The van der Waals surface area contributed by atoms with Crippen LogP contribution in [0.25, 0.3) is 0 Å². The molecule has 0 saturated carbocycles. The van der Waals surface area contributed by atoms with E-state index in [1.54, 1.807) is 0 Å². The Balaban J connectivity index is 2.70. The predicted octanol–water partition coefficient (Wildman–Crippen LogP) is 2.11. The van der Waals surface area contributed by atoms with Crippen molar-refractivity contribution in [2.45, 2.75) is 27.3 Å². The maximum atomic E-state index is 11.2. The zero-order valence-corrected chi connectivity index (χ0v) is 12.9. The van der Waals surface area contributed by atoms with Gasteiger partial charge in [-0.2, -0.15) is 0 Å². The number of carboxylic acids is 1. The van der Waals surface area contributed by atoms with Gasteiger partial charge in [-0.15, -0.1) is 0 Å². The van der Waals surface area contributed by atoms with Gasteiger partial charge < -0.3 is 0 Å². The predicted molar refractivity (Wildman–Crippen MR) is 68.1 cm³/mol. The average molecular weight is 328 g/mol. The number of hydrogen-bond donors (Lipinski definition) is 2. The average Bonchev–Trinajstić information content (AvgIpc) is 2.16. The van der Waals surface area contributed by atoms with Crippen molar-refractivity contribution in [3.8, 4) is 0 Å². The van der Waals surface area contributed by atoms with Gasteiger partial charge in [0.15, 0.2) is 0 Å². The van der Waals surface area contributed by atoms with Crippen molar-refractivity contribution in [3.63, 3.8) is 0 Å². The Morgan fingerprint density at radius 1 is 1.31 bits per heavy atom. The van der Waals surface area contributed by atoms with Crippen LogP contribution in [0.5, 0.6) is 0 Å². The number of aliphatic carboxylic acids is 1. The Labute approximate surface area is 101 Å². The third kappa shape index (κ3) is 4.98. The summed E-state index contributed by atoms with van der Waals surface area (Å²) in [4.78, 5) is 17.7. The third-order valence-corrected chi connectivity index (χ3v) is 5.65. The molecule has 4 heteroatoms. The maximum absolute atomic E-state index is 11.2. The Kier molecular flexibility index (Phi) is 4.80. The Bertz CT molecular complexity index is 346. The quantitative estimate of drug-likeness (QED) is 0.814. The van der Waals surface area contributed by atoms with E-state index in [0.29, 0.717) is 6.42 Å². The number of benzene rings is 1. The molecule has 0 amide bonds. The summed E-state index contributed by atoms with van der Waals surface area (Å²) in [5.74, 6) is -0.754. The van der Waals surface area contributed by atoms with E-state index in [1.165, 1.54) is 0 Å². The Morgan fingerprint density at radius 2 is 1.88 bits per heavy atom. The molecule has 0 aliphatic rings. The van der Waals surface area contributed by atoms with Crippen LogP contribution in [-0.2, 0) is 11.2 Å². The van der Waals surface area contributed by atoms with Gasteiger partial charge in [0.25, 0.3) is 0 Å². The Morgan fingerprint density at radius 3 is 2.31 bits per heavy atom. The zero-order chi connectivity index (χ0) is 12.2.